The van der Waals surface area contributed by atoms with Crippen LogP contribution in [0.5, 0.6) is 0 Å². The SMILES string of the molecule is CN(c1ccccc1F)S(=O)(=O)c1ccc(S(=O)(=O)N2CCOCC2)cc1. The number of ether oxygens (including phenoxy) is 1. The van der Waals surface area contributed by atoms with Crippen molar-refractivity contribution in [3.8, 4) is 0 Å². The van der Waals surface area contributed by atoms with E-state index < -0.39 is 25.9 Å². The first-order chi connectivity index (χ1) is 12.7. The van der Waals surface area contributed by atoms with Crippen LogP contribution in [0.25, 0.3) is 0 Å². The molecule has 0 radical (unpaired) electrons. The van der Waals surface area contributed by atoms with Crippen LogP contribution in [0.15, 0.2) is 58.3 Å². The van der Waals surface area contributed by atoms with Crippen LogP contribution in [0.3, 0.4) is 0 Å². The van der Waals surface area contributed by atoms with Gasteiger partial charge in [-0.05, 0) is 36.4 Å². The van der Waals surface area contributed by atoms with E-state index in [1.807, 2.05) is 0 Å². The molecule has 0 aromatic heterocycles. The van der Waals surface area contributed by atoms with Gasteiger partial charge < -0.3 is 4.74 Å². The topological polar surface area (TPSA) is 84.0 Å². The lowest BCUT2D eigenvalue weighted by molar-refractivity contribution is 0.0730. The Morgan fingerprint density at radius 3 is 2.07 bits per heavy atom. The summed E-state index contributed by atoms with van der Waals surface area (Å²) >= 11 is 0. The quantitative estimate of drug-likeness (QED) is 0.743. The zero-order valence-corrected chi connectivity index (χ0v) is 16.2. The summed E-state index contributed by atoms with van der Waals surface area (Å²) < 4.78 is 71.9. The average molecular weight is 414 g/mol. The maximum Gasteiger partial charge on any atom is 0.264 e. The predicted molar refractivity (Wildman–Crippen MR) is 98.0 cm³/mol. The number of hydrogen-bond acceptors (Lipinski definition) is 5. The molecule has 7 nitrogen and oxygen atoms in total. The van der Waals surface area contributed by atoms with Crippen molar-refractivity contribution in [2.75, 3.05) is 37.7 Å². The van der Waals surface area contributed by atoms with E-state index >= 15 is 0 Å². The predicted octanol–water partition coefficient (Wildman–Crippen LogP) is 1.67. The molecule has 2 aromatic rings. The Labute approximate surface area is 158 Å². The molecule has 1 saturated heterocycles. The van der Waals surface area contributed by atoms with Crippen molar-refractivity contribution < 1.29 is 26.0 Å². The molecule has 1 aliphatic heterocycles. The molecule has 1 aliphatic rings. The standard InChI is InChI=1S/C17H19FN2O5S2/c1-19(17-5-3-2-4-16(17)18)26(21,22)14-6-8-15(9-7-14)27(23,24)20-10-12-25-13-11-20/h2-9H,10-13H2,1H3. The van der Waals surface area contributed by atoms with Crippen molar-refractivity contribution >= 4 is 25.7 Å². The largest absolute Gasteiger partial charge is 0.379 e. The molecule has 146 valence electrons. The minimum Gasteiger partial charge on any atom is -0.379 e. The molecule has 1 fully saturated rings. The maximum atomic E-state index is 13.9. The highest BCUT2D eigenvalue weighted by Gasteiger charge is 2.28. The second-order valence-corrected chi connectivity index (χ2v) is 9.82. The Morgan fingerprint density at radius 1 is 0.926 bits per heavy atom. The van der Waals surface area contributed by atoms with Gasteiger partial charge in [0.1, 0.15) is 5.82 Å². The molecular formula is C17H19FN2O5S2. The highest BCUT2D eigenvalue weighted by molar-refractivity contribution is 7.92. The summed E-state index contributed by atoms with van der Waals surface area (Å²) in [5.41, 5.74) is -0.0949. The number of sulfonamides is 2. The van der Waals surface area contributed by atoms with Gasteiger partial charge in [-0.25, -0.2) is 21.2 Å². The number of anilines is 1. The van der Waals surface area contributed by atoms with Crippen molar-refractivity contribution in [1.29, 1.82) is 0 Å². The van der Waals surface area contributed by atoms with Crippen LogP contribution < -0.4 is 4.31 Å². The minimum atomic E-state index is -4.04. The van der Waals surface area contributed by atoms with E-state index in [1.165, 1.54) is 59.9 Å². The van der Waals surface area contributed by atoms with Crippen LogP contribution in [0.1, 0.15) is 0 Å². The molecule has 0 aliphatic carbocycles. The molecule has 27 heavy (non-hydrogen) atoms. The highest BCUT2D eigenvalue weighted by Crippen LogP contribution is 2.26. The third-order valence-electron chi connectivity index (χ3n) is 4.28. The number of morpholine rings is 1. The number of para-hydroxylation sites is 1. The van der Waals surface area contributed by atoms with Gasteiger partial charge in [-0.3, -0.25) is 4.31 Å². The number of hydrogen-bond donors (Lipinski definition) is 0. The van der Waals surface area contributed by atoms with E-state index in [2.05, 4.69) is 0 Å². The molecular weight excluding hydrogens is 395 g/mol. The van der Waals surface area contributed by atoms with Gasteiger partial charge >= 0.3 is 0 Å². The summed E-state index contributed by atoms with van der Waals surface area (Å²) in [6.45, 7) is 1.13. The van der Waals surface area contributed by atoms with E-state index in [0.29, 0.717) is 13.2 Å². The summed E-state index contributed by atoms with van der Waals surface area (Å²) in [5, 5.41) is 0. The fourth-order valence-electron chi connectivity index (χ4n) is 2.71. The number of halogens is 1. The zero-order valence-electron chi connectivity index (χ0n) is 14.6. The molecule has 0 amide bonds. The fourth-order valence-corrected chi connectivity index (χ4v) is 5.33. The van der Waals surface area contributed by atoms with Gasteiger partial charge in [-0.2, -0.15) is 4.31 Å². The van der Waals surface area contributed by atoms with E-state index in [0.717, 1.165) is 4.31 Å². The molecule has 0 saturated carbocycles. The highest BCUT2D eigenvalue weighted by atomic mass is 32.2. The van der Waals surface area contributed by atoms with Gasteiger partial charge in [0.15, 0.2) is 0 Å². The lowest BCUT2D eigenvalue weighted by Gasteiger charge is -2.26. The van der Waals surface area contributed by atoms with Gasteiger partial charge in [-0.1, -0.05) is 12.1 Å². The smallest absolute Gasteiger partial charge is 0.264 e. The monoisotopic (exact) mass is 414 g/mol. The Bertz CT molecular complexity index is 1020. The van der Waals surface area contributed by atoms with Crippen LogP contribution in [0, 0.1) is 5.82 Å². The molecule has 2 aromatic carbocycles. The van der Waals surface area contributed by atoms with Crippen LogP contribution in [0.2, 0.25) is 0 Å². The average Bonchev–Trinajstić information content (AvgIpc) is 2.68. The Balaban J connectivity index is 1.89. The summed E-state index contributed by atoms with van der Waals surface area (Å²) in [4.78, 5) is -0.133. The second-order valence-electron chi connectivity index (χ2n) is 5.91. The first-order valence-corrected chi connectivity index (χ1v) is 11.0. The molecule has 3 rings (SSSR count). The van der Waals surface area contributed by atoms with Crippen molar-refractivity contribution in [3.05, 3.63) is 54.3 Å². The van der Waals surface area contributed by atoms with Gasteiger partial charge in [0, 0.05) is 20.1 Å². The van der Waals surface area contributed by atoms with Crippen LogP contribution in [0.4, 0.5) is 10.1 Å². The third-order valence-corrected chi connectivity index (χ3v) is 7.98. The van der Waals surface area contributed by atoms with Gasteiger partial charge in [0.05, 0.1) is 28.7 Å². The minimum absolute atomic E-state index is 0.00288. The van der Waals surface area contributed by atoms with Crippen LogP contribution >= 0.6 is 0 Å². The number of rotatable bonds is 5. The van der Waals surface area contributed by atoms with Gasteiger partial charge in [0.25, 0.3) is 10.0 Å². The van der Waals surface area contributed by atoms with Gasteiger partial charge in [-0.15, -0.1) is 0 Å². The molecule has 1 heterocycles. The Kier molecular flexibility index (Phi) is 5.52. The molecule has 0 unspecified atom stereocenters. The van der Waals surface area contributed by atoms with Crippen molar-refractivity contribution in [2.45, 2.75) is 9.79 Å². The fraction of sp³-hybridized carbons (Fsp3) is 0.294. The molecule has 10 heteroatoms. The summed E-state index contributed by atoms with van der Waals surface area (Å²) in [6.07, 6.45) is 0. The van der Waals surface area contributed by atoms with Crippen LogP contribution in [-0.4, -0.2) is 54.5 Å². The molecule has 0 spiro atoms. The van der Waals surface area contributed by atoms with Crippen molar-refractivity contribution in [2.24, 2.45) is 0 Å². The molecule has 0 N–H and O–H groups in total. The third kappa shape index (κ3) is 3.84. The lowest BCUT2D eigenvalue weighted by Crippen LogP contribution is -2.40. The van der Waals surface area contributed by atoms with Crippen molar-refractivity contribution in [3.63, 3.8) is 0 Å². The molecule has 0 bridgehead atoms. The van der Waals surface area contributed by atoms with E-state index in [-0.39, 0.29) is 28.6 Å². The number of nitrogens with zero attached hydrogens (tertiary/aromatic N) is 2. The summed E-state index contributed by atoms with van der Waals surface area (Å²) in [5.74, 6) is -0.671. The zero-order chi connectivity index (χ0) is 19.7. The number of benzene rings is 2. The van der Waals surface area contributed by atoms with Crippen LogP contribution in [-0.2, 0) is 24.8 Å². The second kappa shape index (κ2) is 7.55. The van der Waals surface area contributed by atoms with Crippen molar-refractivity contribution in [1.82, 2.24) is 4.31 Å². The normalized spacial score (nSPS) is 16.2. The first-order valence-electron chi connectivity index (χ1n) is 8.16. The van der Waals surface area contributed by atoms with E-state index in [9.17, 15) is 21.2 Å². The Morgan fingerprint density at radius 2 is 1.48 bits per heavy atom. The first kappa shape index (κ1) is 19.7. The maximum absolute atomic E-state index is 13.9. The van der Waals surface area contributed by atoms with Gasteiger partial charge in [0.2, 0.25) is 10.0 Å². The van der Waals surface area contributed by atoms with E-state index in [4.69, 9.17) is 4.74 Å². The summed E-state index contributed by atoms with van der Waals surface area (Å²) in [7, 11) is -6.51. The Hall–Kier alpha value is -2.01. The van der Waals surface area contributed by atoms with E-state index in [1.54, 1.807) is 0 Å². The molecule has 0 atom stereocenters. The summed E-state index contributed by atoms with van der Waals surface area (Å²) in [6, 6.07) is 10.4. The lowest BCUT2D eigenvalue weighted by atomic mass is 10.3.